The monoisotopic (exact) mass is 286 g/mol. The first-order valence-corrected chi connectivity index (χ1v) is 7.94. The summed E-state index contributed by atoms with van der Waals surface area (Å²) in [6.07, 6.45) is 5.99. The molecule has 0 bridgehead atoms. The lowest BCUT2D eigenvalue weighted by atomic mass is 9.94. The minimum Gasteiger partial charge on any atom is -0.381 e. The number of nitrogens with one attached hydrogen (secondary N) is 1. The summed E-state index contributed by atoms with van der Waals surface area (Å²) in [7, 11) is 0. The molecule has 1 aromatic heterocycles. The predicted octanol–water partition coefficient (Wildman–Crippen LogP) is 3.12. The molecule has 0 aliphatic carbocycles. The minimum atomic E-state index is 0.504. The van der Waals surface area contributed by atoms with Gasteiger partial charge >= 0.3 is 0 Å². The Morgan fingerprint density at radius 2 is 2.14 bits per heavy atom. The predicted molar refractivity (Wildman–Crippen MR) is 86.0 cm³/mol. The number of nitriles is 1. The summed E-state index contributed by atoms with van der Waals surface area (Å²) in [5.41, 5.74) is 1.51. The number of anilines is 1. The van der Waals surface area contributed by atoms with E-state index in [0.717, 1.165) is 18.2 Å². The Labute approximate surface area is 128 Å². The molecule has 114 valence electrons. The summed E-state index contributed by atoms with van der Waals surface area (Å²) in [6, 6.07) is 4.48. The molecule has 1 aliphatic rings. The third-order valence-corrected chi connectivity index (χ3v) is 4.50. The quantitative estimate of drug-likeness (QED) is 0.903. The Bertz CT molecular complexity index is 484. The van der Waals surface area contributed by atoms with Gasteiger partial charge in [-0.05, 0) is 43.8 Å². The molecule has 1 N–H and O–H groups in total. The van der Waals surface area contributed by atoms with Gasteiger partial charge < -0.3 is 5.32 Å². The van der Waals surface area contributed by atoms with Gasteiger partial charge in [0.05, 0.1) is 17.4 Å². The largest absolute Gasteiger partial charge is 0.381 e. The number of nitrogens with zero attached hydrogens (tertiary/aromatic N) is 3. The van der Waals surface area contributed by atoms with Crippen molar-refractivity contribution >= 4 is 5.69 Å². The van der Waals surface area contributed by atoms with Gasteiger partial charge in [0.1, 0.15) is 6.07 Å². The van der Waals surface area contributed by atoms with Crippen LogP contribution in [-0.2, 0) is 0 Å². The Balaban J connectivity index is 1.99. The first-order chi connectivity index (χ1) is 10.1. The zero-order valence-corrected chi connectivity index (χ0v) is 13.3. The Kier molecular flexibility index (Phi) is 5.58. The fourth-order valence-electron chi connectivity index (χ4n) is 2.99. The van der Waals surface area contributed by atoms with E-state index in [1.165, 1.54) is 25.9 Å². The van der Waals surface area contributed by atoms with Crippen LogP contribution in [0.1, 0.15) is 39.2 Å². The van der Waals surface area contributed by atoms with Gasteiger partial charge in [-0.15, -0.1) is 0 Å². The van der Waals surface area contributed by atoms with Crippen molar-refractivity contribution in [2.45, 2.75) is 39.7 Å². The molecule has 2 rings (SSSR count). The van der Waals surface area contributed by atoms with Crippen LogP contribution in [0.15, 0.2) is 18.5 Å². The van der Waals surface area contributed by atoms with Gasteiger partial charge in [-0.3, -0.25) is 9.88 Å². The zero-order valence-electron chi connectivity index (χ0n) is 13.3. The molecule has 0 spiro atoms. The molecule has 1 aliphatic heterocycles. The molecule has 1 aromatic rings. The van der Waals surface area contributed by atoms with Crippen LogP contribution in [0.3, 0.4) is 0 Å². The van der Waals surface area contributed by atoms with E-state index in [4.69, 9.17) is 5.26 Å². The van der Waals surface area contributed by atoms with Crippen LogP contribution < -0.4 is 5.32 Å². The molecule has 1 saturated heterocycles. The number of pyridine rings is 1. The second-order valence-electron chi connectivity index (χ2n) is 6.44. The Morgan fingerprint density at radius 3 is 2.76 bits per heavy atom. The maximum absolute atomic E-state index is 9.14. The molecule has 2 heterocycles. The molecule has 0 aromatic carbocycles. The number of likely N-dealkylation sites (tertiary alicyclic amines) is 1. The summed E-state index contributed by atoms with van der Waals surface area (Å²) in [5, 5.41) is 12.6. The average Bonchev–Trinajstić information content (AvgIpc) is 2.49. The molecule has 0 radical (unpaired) electrons. The van der Waals surface area contributed by atoms with E-state index < -0.39 is 0 Å². The van der Waals surface area contributed by atoms with Crippen LogP contribution in [0.25, 0.3) is 0 Å². The Hall–Kier alpha value is -1.60. The Morgan fingerprint density at radius 1 is 1.43 bits per heavy atom. The van der Waals surface area contributed by atoms with E-state index >= 15 is 0 Å². The molecule has 1 unspecified atom stereocenters. The van der Waals surface area contributed by atoms with E-state index in [9.17, 15) is 0 Å². The molecule has 1 atom stereocenters. The fourth-order valence-corrected chi connectivity index (χ4v) is 2.99. The molecular weight excluding hydrogens is 260 g/mol. The number of hydrogen-bond acceptors (Lipinski definition) is 4. The van der Waals surface area contributed by atoms with Crippen LogP contribution in [0.2, 0.25) is 0 Å². The highest BCUT2D eigenvalue weighted by atomic mass is 15.2. The smallest absolute Gasteiger partial charge is 0.101 e. The van der Waals surface area contributed by atoms with Crippen molar-refractivity contribution in [1.82, 2.24) is 9.88 Å². The van der Waals surface area contributed by atoms with Crippen LogP contribution in [0.4, 0.5) is 5.69 Å². The maximum Gasteiger partial charge on any atom is 0.101 e. The lowest BCUT2D eigenvalue weighted by molar-refractivity contribution is 0.115. The molecule has 1 fully saturated rings. The normalized spacial score (nSPS) is 18.4. The summed E-state index contributed by atoms with van der Waals surface area (Å²) < 4.78 is 0. The van der Waals surface area contributed by atoms with Crippen molar-refractivity contribution < 1.29 is 0 Å². The van der Waals surface area contributed by atoms with E-state index in [1.807, 2.05) is 0 Å². The first-order valence-electron chi connectivity index (χ1n) is 7.94. The van der Waals surface area contributed by atoms with Crippen molar-refractivity contribution in [3.8, 4) is 6.07 Å². The standard InChI is InChI=1S/C17H26N4/c1-13(2)17(21-8-5-14(3)6-9-21)12-20-16-11-19-7-4-15(16)10-18/h4,7,11,13-14,17,20H,5-6,8-9,12H2,1-3H3. The highest BCUT2D eigenvalue weighted by molar-refractivity contribution is 5.55. The van der Waals surface area contributed by atoms with E-state index in [-0.39, 0.29) is 0 Å². The third-order valence-electron chi connectivity index (χ3n) is 4.50. The highest BCUT2D eigenvalue weighted by Crippen LogP contribution is 2.22. The van der Waals surface area contributed by atoms with Gasteiger partial charge in [-0.25, -0.2) is 0 Å². The number of aromatic nitrogens is 1. The number of piperidine rings is 1. The second kappa shape index (κ2) is 7.42. The number of rotatable bonds is 5. The van der Waals surface area contributed by atoms with Crippen LogP contribution >= 0.6 is 0 Å². The summed E-state index contributed by atoms with van der Waals surface area (Å²) in [4.78, 5) is 6.71. The van der Waals surface area contributed by atoms with Crippen molar-refractivity contribution in [2.24, 2.45) is 11.8 Å². The van der Waals surface area contributed by atoms with Crippen molar-refractivity contribution in [2.75, 3.05) is 25.0 Å². The minimum absolute atomic E-state index is 0.504. The van der Waals surface area contributed by atoms with E-state index in [0.29, 0.717) is 17.5 Å². The lowest BCUT2D eigenvalue weighted by Crippen LogP contribution is -2.47. The van der Waals surface area contributed by atoms with Crippen LogP contribution in [0.5, 0.6) is 0 Å². The van der Waals surface area contributed by atoms with Crippen molar-refractivity contribution in [1.29, 1.82) is 5.26 Å². The van der Waals surface area contributed by atoms with Gasteiger partial charge in [-0.1, -0.05) is 20.8 Å². The van der Waals surface area contributed by atoms with E-state index in [1.54, 1.807) is 18.5 Å². The summed E-state index contributed by atoms with van der Waals surface area (Å²) in [6.45, 7) is 10.1. The second-order valence-corrected chi connectivity index (χ2v) is 6.44. The van der Waals surface area contributed by atoms with Crippen molar-refractivity contribution in [3.05, 3.63) is 24.0 Å². The number of hydrogen-bond donors (Lipinski definition) is 1. The van der Waals surface area contributed by atoms with Gasteiger partial charge in [0, 0.05) is 18.8 Å². The molecule has 21 heavy (non-hydrogen) atoms. The average molecular weight is 286 g/mol. The summed E-state index contributed by atoms with van der Waals surface area (Å²) in [5.74, 6) is 1.44. The van der Waals surface area contributed by atoms with Gasteiger partial charge in [-0.2, -0.15) is 5.26 Å². The first kappa shape index (κ1) is 15.8. The SMILES string of the molecule is CC1CCN(C(CNc2cnccc2C#N)C(C)C)CC1. The van der Waals surface area contributed by atoms with Gasteiger partial charge in [0.25, 0.3) is 0 Å². The molecule has 0 saturated carbocycles. The zero-order chi connectivity index (χ0) is 15.2. The van der Waals surface area contributed by atoms with Gasteiger partial charge in [0.15, 0.2) is 0 Å². The summed E-state index contributed by atoms with van der Waals surface area (Å²) >= 11 is 0. The maximum atomic E-state index is 9.14. The lowest BCUT2D eigenvalue weighted by Gasteiger charge is -2.39. The molecule has 4 nitrogen and oxygen atoms in total. The molecular formula is C17H26N4. The van der Waals surface area contributed by atoms with Gasteiger partial charge in [0.2, 0.25) is 0 Å². The van der Waals surface area contributed by atoms with Crippen LogP contribution in [0, 0.1) is 23.2 Å². The van der Waals surface area contributed by atoms with Crippen molar-refractivity contribution in [3.63, 3.8) is 0 Å². The highest BCUT2D eigenvalue weighted by Gasteiger charge is 2.25. The topological polar surface area (TPSA) is 52.0 Å². The fraction of sp³-hybridized carbons (Fsp3) is 0.647. The van der Waals surface area contributed by atoms with Crippen LogP contribution in [-0.4, -0.2) is 35.6 Å². The molecule has 0 amide bonds. The van der Waals surface area contributed by atoms with E-state index in [2.05, 4.69) is 42.0 Å². The third kappa shape index (κ3) is 4.18. The molecule has 4 heteroatoms.